The summed E-state index contributed by atoms with van der Waals surface area (Å²) in [4.78, 5) is 0. The number of benzene rings is 1. The first-order chi connectivity index (χ1) is 15.3. The van der Waals surface area contributed by atoms with Crippen LogP contribution in [0.1, 0.15) is 134 Å². The van der Waals surface area contributed by atoms with Crippen molar-refractivity contribution in [3.05, 3.63) is 28.3 Å². The van der Waals surface area contributed by atoms with E-state index in [1.807, 2.05) is 11.8 Å². The molecule has 186 valence electrons. The van der Waals surface area contributed by atoms with E-state index in [1.165, 1.54) is 105 Å². The summed E-state index contributed by atoms with van der Waals surface area (Å²) in [6.07, 6.45) is 16.3. The third kappa shape index (κ3) is 11.7. The Morgan fingerprint density at radius 3 is 1.69 bits per heavy atom. The molecule has 0 aromatic heterocycles. The fourth-order valence-corrected chi connectivity index (χ4v) is 6.29. The van der Waals surface area contributed by atoms with E-state index in [9.17, 15) is 5.11 Å². The summed E-state index contributed by atoms with van der Waals surface area (Å²) < 4.78 is 0. The lowest BCUT2D eigenvalue weighted by molar-refractivity contribution is 0.441. The Morgan fingerprint density at radius 1 is 0.719 bits per heavy atom. The summed E-state index contributed by atoms with van der Waals surface area (Å²) in [5.41, 5.74) is 5.02. The SMILES string of the molecule is CCCCCCCCSCc1cc(C(C)(C)C)c(O)c(CSCCCCCCCC)c1C. The second kappa shape index (κ2) is 17.2. The van der Waals surface area contributed by atoms with Crippen LogP contribution >= 0.6 is 23.5 Å². The van der Waals surface area contributed by atoms with Crippen LogP contribution in [-0.4, -0.2) is 16.6 Å². The van der Waals surface area contributed by atoms with Gasteiger partial charge in [0, 0.05) is 17.1 Å². The zero-order chi connectivity index (χ0) is 23.8. The summed E-state index contributed by atoms with van der Waals surface area (Å²) in [7, 11) is 0. The van der Waals surface area contributed by atoms with Crippen LogP contribution in [0.4, 0.5) is 0 Å². The van der Waals surface area contributed by atoms with Crippen LogP contribution in [0.2, 0.25) is 0 Å². The van der Waals surface area contributed by atoms with Crippen molar-refractivity contribution in [2.24, 2.45) is 0 Å². The van der Waals surface area contributed by atoms with Gasteiger partial charge in [-0.05, 0) is 53.4 Å². The standard InChI is InChI=1S/C29H52OS2/c1-7-9-11-13-15-17-19-31-22-25-21-27(29(4,5)6)28(30)26(24(25)3)23-32-20-18-16-14-12-10-8-2/h21,30H,7-20,22-23H2,1-6H3. The molecule has 1 nitrogen and oxygen atoms in total. The molecule has 0 saturated heterocycles. The predicted octanol–water partition coefficient (Wildman–Crippen LogP) is 10.2. The van der Waals surface area contributed by atoms with Crippen molar-refractivity contribution in [1.29, 1.82) is 0 Å². The smallest absolute Gasteiger partial charge is 0.123 e. The number of hydrogen-bond acceptors (Lipinski definition) is 3. The van der Waals surface area contributed by atoms with E-state index >= 15 is 0 Å². The van der Waals surface area contributed by atoms with Gasteiger partial charge in [-0.25, -0.2) is 0 Å². The molecular weight excluding hydrogens is 428 g/mol. The lowest BCUT2D eigenvalue weighted by atomic mass is 9.83. The molecule has 0 saturated carbocycles. The number of phenolic OH excluding ortho intramolecular Hbond substituents is 1. The van der Waals surface area contributed by atoms with Crippen LogP contribution in [0.25, 0.3) is 0 Å². The highest BCUT2D eigenvalue weighted by Gasteiger charge is 2.23. The predicted molar refractivity (Wildman–Crippen MR) is 151 cm³/mol. The Hall–Kier alpha value is -0.280. The molecule has 3 heteroatoms. The highest BCUT2D eigenvalue weighted by Crippen LogP contribution is 2.39. The fourth-order valence-electron chi connectivity index (χ4n) is 4.11. The Bertz CT molecular complexity index is 619. The van der Waals surface area contributed by atoms with Crippen LogP contribution in [0.3, 0.4) is 0 Å². The molecule has 0 aliphatic heterocycles. The minimum Gasteiger partial charge on any atom is -0.507 e. The minimum absolute atomic E-state index is 0.0326. The average molecular weight is 481 g/mol. The van der Waals surface area contributed by atoms with E-state index in [2.05, 4.69) is 59.4 Å². The molecular formula is C29H52OS2. The second-order valence-electron chi connectivity index (χ2n) is 10.4. The van der Waals surface area contributed by atoms with Gasteiger partial charge in [-0.15, -0.1) is 0 Å². The Morgan fingerprint density at radius 2 is 1.19 bits per heavy atom. The second-order valence-corrected chi connectivity index (χ2v) is 12.6. The van der Waals surface area contributed by atoms with E-state index in [0.717, 1.165) is 17.1 Å². The van der Waals surface area contributed by atoms with Crippen molar-refractivity contribution in [3.8, 4) is 5.75 Å². The topological polar surface area (TPSA) is 20.2 Å². The van der Waals surface area contributed by atoms with Gasteiger partial charge in [0.1, 0.15) is 5.75 Å². The summed E-state index contributed by atoms with van der Waals surface area (Å²) in [6, 6.07) is 2.29. The van der Waals surface area contributed by atoms with Gasteiger partial charge in [0.05, 0.1) is 0 Å². The first-order valence-corrected chi connectivity index (χ1v) is 15.6. The van der Waals surface area contributed by atoms with Gasteiger partial charge in [-0.1, -0.05) is 105 Å². The van der Waals surface area contributed by atoms with Crippen LogP contribution < -0.4 is 0 Å². The lowest BCUT2D eigenvalue weighted by Crippen LogP contribution is -2.14. The van der Waals surface area contributed by atoms with Gasteiger partial charge in [-0.3, -0.25) is 0 Å². The molecule has 0 radical (unpaired) electrons. The molecule has 0 unspecified atom stereocenters. The Labute approximate surface area is 209 Å². The van der Waals surface area contributed by atoms with Crippen molar-refractivity contribution in [1.82, 2.24) is 0 Å². The van der Waals surface area contributed by atoms with Crippen molar-refractivity contribution in [2.45, 2.75) is 136 Å². The van der Waals surface area contributed by atoms with E-state index in [-0.39, 0.29) is 5.41 Å². The summed E-state index contributed by atoms with van der Waals surface area (Å²) in [5, 5.41) is 11.1. The zero-order valence-electron chi connectivity index (χ0n) is 22.2. The monoisotopic (exact) mass is 480 g/mol. The van der Waals surface area contributed by atoms with E-state index in [0.29, 0.717) is 5.75 Å². The van der Waals surface area contributed by atoms with Crippen LogP contribution in [0.5, 0.6) is 5.75 Å². The van der Waals surface area contributed by atoms with Crippen LogP contribution in [-0.2, 0) is 16.9 Å². The largest absolute Gasteiger partial charge is 0.507 e. The molecule has 32 heavy (non-hydrogen) atoms. The Balaban J connectivity index is 2.64. The third-order valence-electron chi connectivity index (χ3n) is 6.39. The van der Waals surface area contributed by atoms with Gasteiger partial charge >= 0.3 is 0 Å². The summed E-state index contributed by atoms with van der Waals surface area (Å²) >= 11 is 4.07. The van der Waals surface area contributed by atoms with Crippen LogP contribution in [0, 0.1) is 6.92 Å². The van der Waals surface area contributed by atoms with Gasteiger partial charge in [0.2, 0.25) is 0 Å². The normalized spacial score (nSPS) is 11.9. The molecule has 0 spiro atoms. The van der Waals surface area contributed by atoms with Crippen molar-refractivity contribution < 1.29 is 5.11 Å². The van der Waals surface area contributed by atoms with Gasteiger partial charge in [0.15, 0.2) is 0 Å². The minimum atomic E-state index is -0.0326. The van der Waals surface area contributed by atoms with Gasteiger partial charge in [-0.2, -0.15) is 23.5 Å². The van der Waals surface area contributed by atoms with Crippen LogP contribution in [0.15, 0.2) is 6.07 Å². The molecule has 0 heterocycles. The van der Waals surface area contributed by atoms with E-state index in [1.54, 1.807) is 0 Å². The molecule has 0 bridgehead atoms. The average Bonchev–Trinajstić information content (AvgIpc) is 2.74. The molecule has 1 rings (SSSR count). The number of thioether (sulfide) groups is 2. The van der Waals surface area contributed by atoms with Crippen molar-refractivity contribution in [3.63, 3.8) is 0 Å². The summed E-state index contributed by atoms with van der Waals surface area (Å²) in [6.45, 7) is 13.4. The van der Waals surface area contributed by atoms with E-state index < -0.39 is 0 Å². The lowest BCUT2D eigenvalue weighted by Gasteiger charge is -2.25. The number of unbranched alkanes of at least 4 members (excludes halogenated alkanes) is 10. The number of rotatable bonds is 18. The van der Waals surface area contributed by atoms with E-state index in [4.69, 9.17) is 0 Å². The number of hydrogen-bond donors (Lipinski definition) is 1. The number of aromatic hydroxyl groups is 1. The number of phenols is 1. The molecule has 0 aliphatic rings. The highest BCUT2D eigenvalue weighted by atomic mass is 32.2. The van der Waals surface area contributed by atoms with Crippen molar-refractivity contribution >= 4 is 23.5 Å². The quantitative estimate of drug-likeness (QED) is 0.211. The van der Waals surface area contributed by atoms with Gasteiger partial charge in [0.25, 0.3) is 0 Å². The fraction of sp³-hybridized carbons (Fsp3) is 0.793. The van der Waals surface area contributed by atoms with Crippen molar-refractivity contribution in [2.75, 3.05) is 11.5 Å². The van der Waals surface area contributed by atoms with Gasteiger partial charge < -0.3 is 5.11 Å². The summed E-state index contributed by atoms with van der Waals surface area (Å²) in [5.74, 6) is 5.01. The Kier molecular flexibility index (Phi) is 16.0. The molecule has 0 aliphatic carbocycles. The first-order valence-electron chi connectivity index (χ1n) is 13.3. The maximum absolute atomic E-state index is 11.1. The molecule has 1 aromatic rings. The zero-order valence-corrected chi connectivity index (χ0v) is 23.8. The molecule has 1 N–H and O–H groups in total. The highest BCUT2D eigenvalue weighted by molar-refractivity contribution is 7.98. The third-order valence-corrected chi connectivity index (χ3v) is 8.55. The molecule has 0 amide bonds. The molecule has 1 aromatic carbocycles. The first kappa shape index (κ1) is 29.8. The maximum atomic E-state index is 11.1. The molecule has 0 fully saturated rings. The molecule has 0 atom stereocenters. The maximum Gasteiger partial charge on any atom is 0.123 e.